The molecule has 0 spiro atoms. The lowest BCUT2D eigenvalue weighted by molar-refractivity contribution is 0.253. The predicted molar refractivity (Wildman–Crippen MR) is 135 cm³/mol. The van der Waals surface area contributed by atoms with Crippen LogP contribution in [-0.4, -0.2) is 9.55 Å². The highest BCUT2D eigenvalue weighted by atomic mass is 15.3. The van der Waals surface area contributed by atoms with Gasteiger partial charge in [-0.2, -0.15) is 0 Å². The van der Waals surface area contributed by atoms with Crippen LogP contribution in [0.2, 0.25) is 0 Å². The first-order valence-electron chi connectivity index (χ1n) is 11.7. The molecular weight excluding hydrogens is 404 g/mol. The topological polar surface area (TPSA) is 47.1 Å². The van der Waals surface area contributed by atoms with E-state index in [1.54, 1.807) is 0 Å². The SMILES string of the molecule is Cc1nc2n(c1-c1ccccc1)CN(c1ccccc1)C(c1ccc(C3(N)CCC3)cc1)=C2. The molecule has 0 unspecified atom stereocenters. The Balaban J connectivity index is 1.47. The third kappa shape index (κ3) is 3.38. The van der Waals surface area contributed by atoms with Gasteiger partial charge >= 0.3 is 0 Å². The number of aryl methyl sites for hydroxylation is 1. The number of benzene rings is 3. The minimum atomic E-state index is -0.142. The third-order valence-electron chi connectivity index (χ3n) is 7.13. The zero-order valence-electron chi connectivity index (χ0n) is 18.9. The molecule has 1 aliphatic heterocycles. The number of hydrogen-bond acceptors (Lipinski definition) is 3. The molecule has 0 atom stereocenters. The van der Waals surface area contributed by atoms with Crippen molar-refractivity contribution >= 4 is 17.5 Å². The number of anilines is 1. The Morgan fingerprint density at radius 1 is 0.818 bits per heavy atom. The maximum atomic E-state index is 6.57. The van der Waals surface area contributed by atoms with Gasteiger partial charge < -0.3 is 15.2 Å². The zero-order chi connectivity index (χ0) is 22.4. The second-order valence-electron chi connectivity index (χ2n) is 9.22. The number of para-hydroxylation sites is 1. The summed E-state index contributed by atoms with van der Waals surface area (Å²) >= 11 is 0. The van der Waals surface area contributed by atoms with Crippen LogP contribution in [0.5, 0.6) is 0 Å². The first-order chi connectivity index (χ1) is 16.1. The molecule has 4 nitrogen and oxygen atoms in total. The van der Waals surface area contributed by atoms with E-state index < -0.39 is 0 Å². The summed E-state index contributed by atoms with van der Waals surface area (Å²) in [6.07, 6.45) is 5.58. The Hall–Kier alpha value is -3.63. The molecule has 4 heteroatoms. The van der Waals surface area contributed by atoms with Crippen molar-refractivity contribution in [3.63, 3.8) is 0 Å². The lowest BCUT2D eigenvalue weighted by Gasteiger charge is -2.39. The fourth-order valence-electron chi connectivity index (χ4n) is 5.11. The van der Waals surface area contributed by atoms with Gasteiger partial charge in [-0.1, -0.05) is 72.8 Å². The lowest BCUT2D eigenvalue weighted by Crippen LogP contribution is -2.43. The Labute approximate surface area is 195 Å². The second-order valence-corrected chi connectivity index (χ2v) is 9.22. The van der Waals surface area contributed by atoms with Gasteiger partial charge in [-0.05, 0) is 49.4 Å². The van der Waals surface area contributed by atoms with Gasteiger partial charge in [-0.3, -0.25) is 0 Å². The van der Waals surface area contributed by atoms with Gasteiger partial charge in [0.2, 0.25) is 0 Å². The van der Waals surface area contributed by atoms with E-state index in [-0.39, 0.29) is 5.54 Å². The van der Waals surface area contributed by atoms with E-state index in [4.69, 9.17) is 10.7 Å². The molecule has 2 N–H and O–H groups in total. The van der Waals surface area contributed by atoms with E-state index in [0.29, 0.717) is 6.67 Å². The van der Waals surface area contributed by atoms with Crippen LogP contribution in [0, 0.1) is 6.92 Å². The van der Waals surface area contributed by atoms with E-state index in [0.717, 1.165) is 35.7 Å². The summed E-state index contributed by atoms with van der Waals surface area (Å²) in [5.41, 5.74) is 14.6. The van der Waals surface area contributed by atoms with E-state index in [1.165, 1.54) is 28.8 Å². The molecule has 0 saturated heterocycles. The van der Waals surface area contributed by atoms with Crippen LogP contribution in [-0.2, 0) is 12.2 Å². The number of nitrogens with two attached hydrogens (primary N) is 1. The molecule has 33 heavy (non-hydrogen) atoms. The molecule has 4 aromatic rings. The number of fused-ring (bicyclic) bond motifs is 1. The predicted octanol–water partition coefficient (Wildman–Crippen LogP) is 6.17. The highest BCUT2D eigenvalue weighted by molar-refractivity contribution is 5.91. The average Bonchev–Trinajstić information content (AvgIpc) is 3.17. The molecule has 1 fully saturated rings. The van der Waals surface area contributed by atoms with Crippen LogP contribution in [0.3, 0.4) is 0 Å². The smallest absolute Gasteiger partial charge is 0.137 e. The van der Waals surface area contributed by atoms with Gasteiger partial charge in [0.15, 0.2) is 0 Å². The maximum absolute atomic E-state index is 6.57. The Bertz CT molecular complexity index is 1310. The van der Waals surface area contributed by atoms with Crippen LogP contribution >= 0.6 is 0 Å². The first-order valence-corrected chi connectivity index (χ1v) is 11.7. The highest BCUT2D eigenvalue weighted by Gasteiger charge is 2.34. The van der Waals surface area contributed by atoms with Crippen LogP contribution < -0.4 is 10.6 Å². The minimum Gasteiger partial charge on any atom is -0.322 e. The molecule has 1 aromatic heterocycles. The average molecular weight is 433 g/mol. The van der Waals surface area contributed by atoms with Crippen molar-refractivity contribution in [3.05, 3.63) is 108 Å². The van der Waals surface area contributed by atoms with E-state index in [2.05, 4.69) is 107 Å². The van der Waals surface area contributed by atoms with Gasteiger partial charge in [0.1, 0.15) is 12.5 Å². The third-order valence-corrected chi connectivity index (χ3v) is 7.13. The van der Waals surface area contributed by atoms with Crippen molar-refractivity contribution in [1.82, 2.24) is 9.55 Å². The molecule has 0 bridgehead atoms. The zero-order valence-corrected chi connectivity index (χ0v) is 18.9. The fraction of sp³-hybridized carbons (Fsp3) is 0.207. The maximum Gasteiger partial charge on any atom is 0.137 e. The summed E-state index contributed by atoms with van der Waals surface area (Å²) in [6.45, 7) is 2.81. The van der Waals surface area contributed by atoms with E-state index in [9.17, 15) is 0 Å². The molecule has 2 aliphatic rings. The fourth-order valence-corrected chi connectivity index (χ4v) is 5.11. The Morgan fingerprint density at radius 3 is 2.12 bits per heavy atom. The number of nitrogens with zero attached hydrogens (tertiary/aromatic N) is 3. The van der Waals surface area contributed by atoms with Crippen LogP contribution in [0.1, 0.15) is 41.9 Å². The number of hydrogen-bond donors (Lipinski definition) is 1. The summed E-state index contributed by atoms with van der Waals surface area (Å²) in [7, 11) is 0. The molecular formula is C29H28N4. The summed E-state index contributed by atoms with van der Waals surface area (Å²) < 4.78 is 2.32. The number of rotatable bonds is 4. The van der Waals surface area contributed by atoms with Gasteiger partial charge in [-0.15, -0.1) is 0 Å². The molecule has 1 aliphatic carbocycles. The Morgan fingerprint density at radius 2 is 1.48 bits per heavy atom. The summed E-state index contributed by atoms with van der Waals surface area (Å²) in [5, 5.41) is 0. The quantitative estimate of drug-likeness (QED) is 0.419. The minimum absolute atomic E-state index is 0.142. The summed E-state index contributed by atoms with van der Waals surface area (Å²) in [6, 6.07) is 30.0. The molecule has 3 aromatic carbocycles. The summed E-state index contributed by atoms with van der Waals surface area (Å²) in [4.78, 5) is 7.32. The van der Waals surface area contributed by atoms with Crippen molar-refractivity contribution in [1.29, 1.82) is 0 Å². The van der Waals surface area contributed by atoms with Crippen molar-refractivity contribution in [2.24, 2.45) is 5.73 Å². The van der Waals surface area contributed by atoms with Crippen molar-refractivity contribution in [2.45, 2.75) is 38.4 Å². The van der Waals surface area contributed by atoms with E-state index in [1.807, 2.05) is 0 Å². The van der Waals surface area contributed by atoms with Crippen molar-refractivity contribution in [3.8, 4) is 11.3 Å². The number of imidazole rings is 1. The molecule has 2 heterocycles. The molecule has 0 amide bonds. The molecule has 0 radical (unpaired) electrons. The molecule has 6 rings (SSSR count). The Kier molecular flexibility index (Phi) is 4.70. The van der Waals surface area contributed by atoms with Crippen LogP contribution in [0.15, 0.2) is 84.9 Å². The monoisotopic (exact) mass is 432 g/mol. The van der Waals surface area contributed by atoms with Gasteiger partial charge in [0.25, 0.3) is 0 Å². The van der Waals surface area contributed by atoms with Gasteiger partial charge in [0, 0.05) is 22.9 Å². The summed E-state index contributed by atoms with van der Waals surface area (Å²) in [5.74, 6) is 0.992. The largest absolute Gasteiger partial charge is 0.322 e. The molecule has 1 saturated carbocycles. The van der Waals surface area contributed by atoms with Crippen molar-refractivity contribution < 1.29 is 0 Å². The molecule has 164 valence electrons. The standard InChI is InChI=1S/C29H28N4/c1-21-28(23-9-4-2-5-10-23)33-20-32(25-11-6-3-7-12-25)26(19-27(33)31-21)22-13-15-24(16-14-22)29(30)17-8-18-29/h2-7,9-16,19H,8,17-18,20,30H2,1H3. The first kappa shape index (κ1) is 20.0. The van der Waals surface area contributed by atoms with Crippen molar-refractivity contribution in [2.75, 3.05) is 4.90 Å². The second kappa shape index (κ2) is 7.75. The van der Waals surface area contributed by atoms with Crippen LogP contribution in [0.4, 0.5) is 5.69 Å². The van der Waals surface area contributed by atoms with E-state index >= 15 is 0 Å². The van der Waals surface area contributed by atoms with Gasteiger partial charge in [-0.25, -0.2) is 4.98 Å². The number of aromatic nitrogens is 2. The highest BCUT2D eigenvalue weighted by Crippen LogP contribution is 2.40. The normalized spacial score (nSPS) is 16.7. The van der Waals surface area contributed by atoms with Crippen LogP contribution in [0.25, 0.3) is 23.0 Å². The lowest BCUT2D eigenvalue weighted by atomic mass is 9.72. The van der Waals surface area contributed by atoms with Gasteiger partial charge in [0.05, 0.1) is 17.1 Å².